The maximum absolute atomic E-state index is 8.90. The molecule has 0 amide bonds. The average molecular weight is 267 g/mol. The summed E-state index contributed by atoms with van der Waals surface area (Å²) in [5, 5.41) is 10.7. The lowest BCUT2D eigenvalue weighted by molar-refractivity contribution is 0.837. The van der Waals surface area contributed by atoms with Crippen molar-refractivity contribution < 1.29 is 0 Å². The van der Waals surface area contributed by atoms with Crippen molar-refractivity contribution in [2.24, 2.45) is 0 Å². The van der Waals surface area contributed by atoms with Gasteiger partial charge < -0.3 is 4.57 Å². The van der Waals surface area contributed by atoms with Crippen LogP contribution in [0.1, 0.15) is 11.1 Å². The van der Waals surface area contributed by atoms with Crippen LogP contribution in [-0.2, 0) is 6.54 Å². The van der Waals surface area contributed by atoms with Crippen LogP contribution in [0.5, 0.6) is 0 Å². The standard InChI is InChI=1S/C16H11ClN2/c17-15-4-1-12(2-5-15)11-19-8-7-14-9-13(10-18)3-6-16(14)19/h1-9H,11H2. The van der Waals surface area contributed by atoms with E-state index in [0.29, 0.717) is 5.56 Å². The number of benzene rings is 2. The maximum Gasteiger partial charge on any atom is 0.0991 e. The van der Waals surface area contributed by atoms with Crippen LogP contribution < -0.4 is 0 Å². The second-order valence-electron chi connectivity index (χ2n) is 4.46. The summed E-state index contributed by atoms with van der Waals surface area (Å²) in [6.07, 6.45) is 2.04. The number of nitriles is 1. The van der Waals surface area contributed by atoms with Crippen LogP contribution in [0, 0.1) is 11.3 Å². The predicted molar refractivity (Wildman–Crippen MR) is 77.2 cm³/mol. The van der Waals surface area contributed by atoms with Crippen molar-refractivity contribution in [2.45, 2.75) is 6.54 Å². The monoisotopic (exact) mass is 266 g/mol. The predicted octanol–water partition coefficient (Wildman–Crippen LogP) is 4.21. The molecule has 0 bridgehead atoms. The Labute approximate surface area is 116 Å². The molecule has 19 heavy (non-hydrogen) atoms. The van der Waals surface area contributed by atoms with Crippen molar-refractivity contribution in [3.05, 3.63) is 70.9 Å². The van der Waals surface area contributed by atoms with Crippen LogP contribution in [0.3, 0.4) is 0 Å². The highest BCUT2D eigenvalue weighted by Gasteiger charge is 2.03. The van der Waals surface area contributed by atoms with E-state index in [1.54, 1.807) is 0 Å². The zero-order chi connectivity index (χ0) is 13.2. The lowest BCUT2D eigenvalue weighted by Crippen LogP contribution is -1.97. The lowest BCUT2D eigenvalue weighted by atomic mass is 10.2. The van der Waals surface area contributed by atoms with E-state index in [0.717, 1.165) is 22.5 Å². The Morgan fingerprint density at radius 3 is 2.58 bits per heavy atom. The van der Waals surface area contributed by atoms with E-state index in [-0.39, 0.29) is 0 Å². The van der Waals surface area contributed by atoms with E-state index in [4.69, 9.17) is 16.9 Å². The molecular weight excluding hydrogens is 256 g/mol. The molecule has 0 radical (unpaired) electrons. The summed E-state index contributed by atoms with van der Waals surface area (Å²) in [5.41, 5.74) is 3.02. The van der Waals surface area contributed by atoms with Crippen molar-refractivity contribution in [1.82, 2.24) is 4.57 Å². The highest BCUT2D eigenvalue weighted by atomic mass is 35.5. The molecule has 1 aromatic heterocycles. The van der Waals surface area contributed by atoms with Gasteiger partial charge in [-0.3, -0.25) is 0 Å². The molecule has 1 heterocycles. The van der Waals surface area contributed by atoms with E-state index in [2.05, 4.69) is 10.6 Å². The molecule has 0 atom stereocenters. The Balaban J connectivity index is 1.97. The minimum Gasteiger partial charge on any atom is -0.343 e. The van der Waals surface area contributed by atoms with E-state index in [9.17, 15) is 0 Å². The number of fused-ring (bicyclic) bond motifs is 1. The summed E-state index contributed by atoms with van der Waals surface area (Å²) in [5.74, 6) is 0. The Bertz CT molecular complexity index is 764. The van der Waals surface area contributed by atoms with Crippen molar-refractivity contribution in [2.75, 3.05) is 0 Å². The Morgan fingerprint density at radius 1 is 1.05 bits per heavy atom. The minimum absolute atomic E-state index is 0.691. The largest absolute Gasteiger partial charge is 0.343 e. The third-order valence-corrected chi connectivity index (χ3v) is 3.42. The molecule has 0 aliphatic carbocycles. The Hall–Kier alpha value is -2.24. The number of hydrogen-bond donors (Lipinski definition) is 0. The Morgan fingerprint density at radius 2 is 1.84 bits per heavy atom. The molecule has 0 saturated heterocycles. The third kappa shape index (κ3) is 2.33. The number of aromatic nitrogens is 1. The van der Waals surface area contributed by atoms with Gasteiger partial charge in [-0.2, -0.15) is 5.26 Å². The van der Waals surface area contributed by atoms with Gasteiger partial charge >= 0.3 is 0 Å². The number of halogens is 1. The first-order valence-corrected chi connectivity index (χ1v) is 6.37. The van der Waals surface area contributed by atoms with Crippen molar-refractivity contribution >= 4 is 22.5 Å². The summed E-state index contributed by atoms with van der Waals surface area (Å²) in [7, 11) is 0. The molecule has 3 rings (SSSR count). The van der Waals surface area contributed by atoms with Crippen LogP contribution in [0.15, 0.2) is 54.7 Å². The molecular formula is C16H11ClN2. The van der Waals surface area contributed by atoms with Gasteiger partial charge in [0.2, 0.25) is 0 Å². The fourth-order valence-corrected chi connectivity index (χ4v) is 2.32. The summed E-state index contributed by atoms with van der Waals surface area (Å²) < 4.78 is 2.17. The van der Waals surface area contributed by atoms with E-state index in [1.807, 2.05) is 54.7 Å². The molecule has 3 heteroatoms. The van der Waals surface area contributed by atoms with Gasteiger partial charge in [-0.25, -0.2) is 0 Å². The van der Waals surface area contributed by atoms with E-state index in [1.165, 1.54) is 5.56 Å². The topological polar surface area (TPSA) is 28.7 Å². The fraction of sp³-hybridized carbons (Fsp3) is 0.0625. The molecule has 0 N–H and O–H groups in total. The lowest BCUT2D eigenvalue weighted by Gasteiger charge is -2.06. The highest BCUT2D eigenvalue weighted by Crippen LogP contribution is 2.19. The minimum atomic E-state index is 0.691. The number of hydrogen-bond acceptors (Lipinski definition) is 1. The van der Waals surface area contributed by atoms with E-state index >= 15 is 0 Å². The first-order chi connectivity index (χ1) is 9.26. The van der Waals surface area contributed by atoms with Gasteiger partial charge in [0.05, 0.1) is 11.6 Å². The highest BCUT2D eigenvalue weighted by molar-refractivity contribution is 6.30. The smallest absolute Gasteiger partial charge is 0.0991 e. The molecule has 0 fully saturated rings. The van der Waals surface area contributed by atoms with Gasteiger partial charge in [-0.1, -0.05) is 23.7 Å². The summed E-state index contributed by atoms with van der Waals surface area (Å²) in [4.78, 5) is 0. The van der Waals surface area contributed by atoms with E-state index < -0.39 is 0 Å². The summed E-state index contributed by atoms with van der Waals surface area (Å²) >= 11 is 5.88. The van der Waals surface area contributed by atoms with Crippen LogP contribution in [-0.4, -0.2) is 4.57 Å². The van der Waals surface area contributed by atoms with Crippen LogP contribution in [0.25, 0.3) is 10.9 Å². The molecule has 0 aliphatic rings. The van der Waals surface area contributed by atoms with Gasteiger partial charge in [0, 0.05) is 28.7 Å². The van der Waals surface area contributed by atoms with Crippen LogP contribution in [0.2, 0.25) is 5.02 Å². The Kier molecular flexibility index (Phi) is 2.98. The second-order valence-corrected chi connectivity index (χ2v) is 4.89. The molecule has 3 aromatic rings. The van der Waals surface area contributed by atoms with Gasteiger partial charge in [-0.15, -0.1) is 0 Å². The molecule has 0 saturated carbocycles. The van der Waals surface area contributed by atoms with Gasteiger partial charge in [-0.05, 0) is 42.0 Å². The average Bonchev–Trinajstić information content (AvgIpc) is 2.83. The van der Waals surface area contributed by atoms with Crippen molar-refractivity contribution in [1.29, 1.82) is 5.26 Å². The molecule has 0 spiro atoms. The van der Waals surface area contributed by atoms with Gasteiger partial charge in [0.25, 0.3) is 0 Å². The normalized spacial score (nSPS) is 10.5. The number of rotatable bonds is 2. The second kappa shape index (κ2) is 4.79. The number of nitrogens with zero attached hydrogens (tertiary/aromatic N) is 2. The SMILES string of the molecule is N#Cc1ccc2c(ccn2Cc2ccc(Cl)cc2)c1. The zero-order valence-corrected chi connectivity index (χ0v) is 10.9. The molecule has 2 aromatic carbocycles. The molecule has 0 unspecified atom stereocenters. The van der Waals surface area contributed by atoms with Gasteiger partial charge in [0.1, 0.15) is 0 Å². The first-order valence-electron chi connectivity index (χ1n) is 6.00. The van der Waals surface area contributed by atoms with Gasteiger partial charge in [0.15, 0.2) is 0 Å². The quantitative estimate of drug-likeness (QED) is 0.683. The summed E-state index contributed by atoms with van der Waals surface area (Å²) in [6.45, 7) is 0.798. The first kappa shape index (κ1) is 11.8. The molecule has 0 aliphatic heterocycles. The third-order valence-electron chi connectivity index (χ3n) is 3.17. The molecule has 92 valence electrons. The van der Waals surface area contributed by atoms with Crippen LogP contribution >= 0.6 is 11.6 Å². The van der Waals surface area contributed by atoms with Crippen LogP contribution in [0.4, 0.5) is 0 Å². The van der Waals surface area contributed by atoms with Crippen molar-refractivity contribution in [3.63, 3.8) is 0 Å². The maximum atomic E-state index is 8.90. The fourth-order valence-electron chi connectivity index (χ4n) is 2.19. The van der Waals surface area contributed by atoms with Crippen molar-refractivity contribution in [3.8, 4) is 6.07 Å². The summed E-state index contributed by atoms with van der Waals surface area (Å²) in [6, 6.07) is 17.8. The molecule has 2 nitrogen and oxygen atoms in total. The zero-order valence-electron chi connectivity index (χ0n) is 10.2.